The average molecular weight is 1440 g/mol. The van der Waals surface area contributed by atoms with Crippen LogP contribution >= 0.6 is 15.6 Å². The molecule has 0 saturated heterocycles. The van der Waals surface area contributed by atoms with Gasteiger partial charge >= 0.3 is 39.5 Å². The molecule has 0 amide bonds. The lowest BCUT2D eigenvalue weighted by Gasteiger charge is -2.21. The molecule has 0 aliphatic heterocycles. The van der Waals surface area contributed by atoms with E-state index in [1.54, 1.807) is 0 Å². The van der Waals surface area contributed by atoms with E-state index in [9.17, 15) is 43.2 Å². The zero-order valence-corrected chi connectivity index (χ0v) is 65.9. The molecule has 0 rings (SSSR count). The summed E-state index contributed by atoms with van der Waals surface area (Å²) < 4.78 is 68.6. The Kier molecular flexibility index (Phi) is 69.3. The minimum Gasteiger partial charge on any atom is -0.462 e. The molecule has 3 N–H and O–H groups in total. The third-order valence-corrected chi connectivity index (χ3v) is 20.7. The molecule has 0 aliphatic carbocycles. The van der Waals surface area contributed by atoms with E-state index in [4.69, 9.17) is 37.0 Å². The number of esters is 4. The maximum Gasteiger partial charge on any atom is 0.472 e. The minimum absolute atomic E-state index is 0.105. The second-order valence-corrected chi connectivity index (χ2v) is 32.1. The van der Waals surface area contributed by atoms with Gasteiger partial charge in [0.15, 0.2) is 12.2 Å². The van der Waals surface area contributed by atoms with Gasteiger partial charge in [-0.15, -0.1) is 0 Å². The molecule has 0 bridgehead atoms. The number of phosphoric acid groups is 2. The van der Waals surface area contributed by atoms with Gasteiger partial charge in [-0.3, -0.25) is 37.3 Å². The van der Waals surface area contributed by atoms with E-state index in [-0.39, 0.29) is 25.7 Å². The van der Waals surface area contributed by atoms with E-state index in [0.29, 0.717) is 25.7 Å². The molecular formula is C79H154O17P2. The highest BCUT2D eigenvalue weighted by molar-refractivity contribution is 7.47. The minimum atomic E-state index is -4.96. The van der Waals surface area contributed by atoms with E-state index in [2.05, 4.69) is 41.5 Å². The molecule has 0 fully saturated rings. The summed E-state index contributed by atoms with van der Waals surface area (Å²) in [5, 5.41) is 10.6. The Labute approximate surface area is 600 Å². The number of carbonyl (C=O) groups is 4. The summed E-state index contributed by atoms with van der Waals surface area (Å²) >= 11 is 0. The van der Waals surface area contributed by atoms with Crippen molar-refractivity contribution in [2.24, 2.45) is 11.8 Å². The van der Waals surface area contributed by atoms with Gasteiger partial charge in [0, 0.05) is 25.7 Å². The first-order valence-corrected chi connectivity index (χ1v) is 44.0. The van der Waals surface area contributed by atoms with Gasteiger partial charge in [0.2, 0.25) is 0 Å². The van der Waals surface area contributed by atoms with Crippen LogP contribution in [0.25, 0.3) is 0 Å². The molecule has 0 aromatic carbocycles. The van der Waals surface area contributed by atoms with Gasteiger partial charge in [-0.05, 0) is 37.5 Å². The Hall–Kier alpha value is -1.94. The van der Waals surface area contributed by atoms with Crippen molar-refractivity contribution in [1.82, 2.24) is 0 Å². The summed E-state index contributed by atoms with van der Waals surface area (Å²) in [5.41, 5.74) is 0. The second-order valence-electron chi connectivity index (χ2n) is 29.2. The molecule has 98 heavy (non-hydrogen) atoms. The van der Waals surface area contributed by atoms with E-state index in [0.717, 1.165) is 102 Å². The number of phosphoric ester groups is 2. The van der Waals surface area contributed by atoms with Gasteiger partial charge in [-0.25, -0.2) is 9.13 Å². The van der Waals surface area contributed by atoms with Crippen molar-refractivity contribution >= 4 is 39.5 Å². The smallest absolute Gasteiger partial charge is 0.462 e. The molecule has 3 unspecified atom stereocenters. The van der Waals surface area contributed by atoms with Crippen molar-refractivity contribution in [3.05, 3.63) is 0 Å². The number of aliphatic hydroxyl groups is 1. The lowest BCUT2D eigenvalue weighted by atomic mass is 9.99. The Morgan fingerprint density at radius 1 is 0.296 bits per heavy atom. The Bertz CT molecular complexity index is 1890. The van der Waals surface area contributed by atoms with Crippen molar-refractivity contribution < 1.29 is 80.2 Å². The fraction of sp³-hybridized carbons (Fsp3) is 0.949. The number of hydrogen-bond donors (Lipinski definition) is 3. The summed E-state index contributed by atoms with van der Waals surface area (Å²) in [6.45, 7) is 9.61. The molecular weight excluding hydrogens is 1280 g/mol. The topological polar surface area (TPSA) is 237 Å². The molecule has 0 saturated carbocycles. The van der Waals surface area contributed by atoms with Crippen molar-refractivity contribution in [1.29, 1.82) is 0 Å². The number of ether oxygens (including phenoxy) is 4. The van der Waals surface area contributed by atoms with Crippen molar-refractivity contribution in [3.63, 3.8) is 0 Å². The summed E-state index contributed by atoms with van der Waals surface area (Å²) in [5.74, 6) is -0.573. The molecule has 0 radical (unpaired) electrons. The lowest BCUT2D eigenvalue weighted by Crippen LogP contribution is -2.30. The predicted molar refractivity (Wildman–Crippen MR) is 400 cm³/mol. The predicted octanol–water partition coefficient (Wildman–Crippen LogP) is 23.5. The fourth-order valence-corrected chi connectivity index (χ4v) is 13.7. The standard InChI is InChI=1S/C79H154O17P2/c1-7-10-12-14-16-18-20-21-22-23-24-25-26-27-28-29-33-38-45-51-57-63-78(83)95-74(67-90-77(82)62-56-50-44-37-34-30-32-35-41-47-53-59-71(4)5)69-93-97(85,86)91-65-73(80)66-92-98(87,88)94-70-75(68-89-76(81)61-55-49-43-36-31-19-17-15-13-11-8-2)96-79(84)64-58-52-46-40-39-42-48-54-60-72(6)9-3/h71-75,80H,7-70H2,1-6H3,(H,85,86)(H,87,88)/t72?,73-,74-,75-/m1/s1. The van der Waals surface area contributed by atoms with Crippen LogP contribution < -0.4 is 0 Å². The first-order chi connectivity index (χ1) is 47.4. The zero-order valence-electron chi connectivity index (χ0n) is 64.1. The number of unbranched alkanes of at least 4 members (excludes halogenated alkanes) is 47. The van der Waals surface area contributed by atoms with Crippen LogP contribution in [0.5, 0.6) is 0 Å². The van der Waals surface area contributed by atoms with Crippen LogP contribution in [0.4, 0.5) is 0 Å². The van der Waals surface area contributed by atoms with Crippen LogP contribution in [-0.2, 0) is 65.4 Å². The lowest BCUT2D eigenvalue weighted by molar-refractivity contribution is -0.161. The third-order valence-electron chi connectivity index (χ3n) is 18.8. The number of carbonyl (C=O) groups excluding carboxylic acids is 4. The third kappa shape index (κ3) is 71.1. The van der Waals surface area contributed by atoms with E-state index >= 15 is 0 Å². The maximum atomic E-state index is 13.1. The van der Waals surface area contributed by atoms with Crippen LogP contribution in [-0.4, -0.2) is 96.7 Å². The molecule has 17 nitrogen and oxygen atoms in total. The fourth-order valence-electron chi connectivity index (χ4n) is 12.2. The Balaban J connectivity index is 5.22. The van der Waals surface area contributed by atoms with Gasteiger partial charge in [-0.2, -0.15) is 0 Å². The summed E-state index contributed by atoms with van der Waals surface area (Å²) in [6, 6.07) is 0. The van der Waals surface area contributed by atoms with Crippen LogP contribution in [0.15, 0.2) is 0 Å². The molecule has 0 heterocycles. The number of hydrogen-bond acceptors (Lipinski definition) is 15. The Morgan fingerprint density at radius 3 is 0.776 bits per heavy atom. The van der Waals surface area contributed by atoms with E-state index < -0.39 is 97.5 Å². The van der Waals surface area contributed by atoms with Crippen LogP contribution in [0, 0.1) is 11.8 Å². The molecule has 0 spiro atoms. The molecule has 19 heteroatoms. The molecule has 0 aliphatic rings. The van der Waals surface area contributed by atoms with E-state index in [1.807, 2.05) is 0 Å². The van der Waals surface area contributed by atoms with Gasteiger partial charge in [0.25, 0.3) is 0 Å². The molecule has 582 valence electrons. The SMILES string of the molecule is CCCCCCCCCCCCCCCCCCCCCCCC(=O)O[C@H](COC(=O)CCCCCCCCCCCCCC(C)C)COP(=O)(O)OC[C@@H](O)COP(=O)(O)OC[C@@H](COC(=O)CCCCCCCCCCCCC)OC(=O)CCCCCCCCCCC(C)CC. The summed E-state index contributed by atoms with van der Waals surface area (Å²) in [6.07, 6.45) is 59.7. The molecule has 0 aromatic rings. The largest absolute Gasteiger partial charge is 0.472 e. The number of aliphatic hydroxyl groups excluding tert-OH is 1. The number of rotatable bonds is 78. The monoisotopic (exact) mass is 1440 g/mol. The highest BCUT2D eigenvalue weighted by atomic mass is 31.2. The highest BCUT2D eigenvalue weighted by Gasteiger charge is 2.30. The van der Waals surface area contributed by atoms with Crippen molar-refractivity contribution in [2.45, 2.75) is 432 Å². The van der Waals surface area contributed by atoms with Crippen LogP contribution in [0.1, 0.15) is 414 Å². The molecule has 6 atom stereocenters. The highest BCUT2D eigenvalue weighted by Crippen LogP contribution is 2.45. The summed E-state index contributed by atoms with van der Waals surface area (Å²) in [7, 11) is -9.92. The average Bonchev–Trinajstić information content (AvgIpc) is 1.06. The first-order valence-electron chi connectivity index (χ1n) is 41.0. The van der Waals surface area contributed by atoms with Gasteiger partial charge < -0.3 is 33.8 Å². The zero-order chi connectivity index (χ0) is 72.1. The van der Waals surface area contributed by atoms with Crippen LogP contribution in [0.2, 0.25) is 0 Å². The van der Waals surface area contributed by atoms with Crippen molar-refractivity contribution in [3.8, 4) is 0 Å². The quantitative estimate of drug-likeness (QED) is 0.0222. The van der Waals surface area contributed by atoms with Crippen LogP contribution in [0.3, 0.4) is 0 Å². The van der Waals surface area contributed by atoms with E-state index in [1.165, 1.54) is 231 Å². The van der Waals surface area contributed by atoms with Gasteiger partial charge in [0.1, 0.15) is 19.3 Å². The Morgan fingerprint density at radius 2 is 0.520 bits per heavy atom. The second kappa shape index (κ2) is 70.7. The maximum absolute atomic E-state index is 13.1. The van der Waals surface area contributed by atoms with Gasteiger partial charge in [0.05, 0.1) is 26.4 Å². The van der Waals surface area contributed by atoms with Gasteiger partial charge in [-0.1, -0.05) is 363 Å². The molecule has 0 aromatic heterocycles. The first kappa shape index (κ1) is 96.1. The summed E-state index contributed by atoms with van der Waals surface area (Å²) in [4.78, 5) is 72.9. The van der Waals surface area contributed by atoms with Crippen molar-refractivity contribution in [2.75, 3.05) is 39.6 Å². The normalized spacial score (nSPS) is 14.2.